The number of hydrogen-bond acceptors (Lipinski definition) is 4. The molecular formula is C19H27NO3S. The molecule has 0 spiro atoms. The van der Waals surface area contributed by atoms with Gasteiger partial charge in [-0.15, -0.1) is 11.8 Å². The molecule has 1 aliphatic rings. The predicted octanol–water partition coefficient (Wildman–Crippen LogP) is 3.36. The van der Waals surface area contributed by atoms with Gasteiger partial charge in [0.25, 0.3) is 0 Å². The first-order chi connectivity index (χ1) is 11.5. The molecule has 1 aromatic carbocycles. The first kappa shape index (κ1) is 18.8. The Labute approximate surface area is 148 Å². The van der Waals surface area contributed by atoms with Gasteiger partial charge in [-0.1, -0.05) is 26.3 Å². The van der Waals surface area contributed by atoms with E-state index in [9.17, 15) is 9.59 Å². The van der Waals surface area contributed by atoms with Crippen LogP contribution in [0.25, 0.3) is 0 Å². The molecule has 0 bridgehead atoms. The minimum absolute atomic E-state index is 0.0537. The van der Waals surface area contributed by atoms with Crippen LogP contribution in [0, 0.1) is 5.92 Å². The topological polar surface area (TPSA) is 55.4 Å². The number of thioether (sulfide) groups is 1. The zero-order valence-electron chi connectivity index (χ0n) is 14.8. The number of benzene rings is 1. The number of amides is 1. The largest absolute Gasteiger partial charge is 0.464 e. The van der Waals surface area contributed by atoms with Gasteiger partial charge in [-0.3, -0.25) is 4.79 Å². The van der Waals surface area contributed by atoms with Gasteiger partial charge in [0.15, 0.2) is 0 Å². The van der Waals surface area contributed by atoms with Crippen LogP contribution >= 0.6 is 11.8 Å². The van der Waals surface area contributed by atoms with Crippen molar-refractivity contribution in [3.8, 4) is 0 Å². The number of nitrogens with one attached hydrogen (secondary N) is 1. The maximum Gasteiger partial charge on any atom is 0.328 e. The van der Waals surface area contributed by atoms with Crippen molar-refractivity contribution in [2.24, 2.45) is 5.92 Å². The highest BCUT2D eigenvalue weighted by Gasteiger charge is 2.27. The summed E-state index contributed by atoms with van der Waals surface area (Å²) in [6, 6.07) is 5.88. The Morgan fingerprint density at radius 1 is 1.25 bits per heavy atom. The number of aryl methyl sites for hydroxylation is 2. The summed E-state index contributed by atoms with van der Waals surface area (Å²) in [7, 11) is 0. The number of fused-ring (bicyclic) bond motifs is 1. The van der Waals surface area contributed by atoms with E-state index in [1.807, 2.05) is 13.8 Å². The summed E-state index contributed by atoms with van der Waals surface area (Å²) in [4.78, 5) is 25.4. The SMILES string of the molecule is CCOC(=O)[C@@H](NC(=O)CSc1ccc2c(c1)CCC2)[C@@H](C)CC. The Bertz CT molecular complexity index is 588. The normalized spacial score (nSPS) is 15.5. The van der Waals surface area contributed by atoms with Crippen LogP contribution < -0.4 is 5.32 Å². The Morgan fingerprint density at radius 2 is 2.00 bits per heavy atom. The van der Waals surface area contributed by atoms with Gasteiger partial charge in [-0.05, 0) is 55.4 Å². The first-order valence-corrected chi connectivity index (χ1v) is 9.74. The number of ether oxygens (including phenoxy) is 1. The molecule has 1 aliphatic carbocycles. The molecule has 2 atom stereocenters. The van der Waals surface area contributed by atoms with E-state index in [4.69, 9.17) is 4.74 Å². The summed E-state index contributed by atoms with van der Waals surface area (Å²) >= 11 is 1.52. The van der Waals surface area contributed by atoms with Crippen LogP contribution in [0.4, 0.5) is 0 Å². The van der Waals surface area contributed by atoms with Gasteiger partial charge in [-0.25, -0.2) is 4.79 Å². The average molecular weight is 349 g/mol. The summed E-state index contributed by atoms with van der Waals surface area (Å²) < 4.78 is 5.08. The van der Waals surface area contributed by atoms with E-state index >= 15 is 0 Å². The van der Waals surface area contributed by atoms with Crippen molar-refractivity contribution < 1.29 is 14.3 Å². The van der Waals surface area contributed by atoms with Crippen LogP contribution in [0.3, 0.4) is 0 Å². The Kier molecular flexibility index (Phi) is 7.16. The molecule has 24 heavy (non-hydrogen) atoms. The summed E-state index contributed by atoms with van der Waals surface area (Å²) in [6.07, 6.45) is 4.33. The number of hydrogen-bond donors (Lipinski definition) is 1. The molecule has 1 amide bonds. The number of esters is 1. The van der Waals surface area contributed by atoms with Gasteiger partial charge in [0.1, 0.15) is 6.04 Å². The third-order valence-electron chi connectivity index (χ3n) is 4.51. The smallest absolute Gasteiger partial charge is 0.328 e. The van der Waals surface area contributed by atoms with Crippen molar-refractivity contribution >= 4 is 23.6 Å². The Morgan fingerprint density at radius 3 is 2.71 bits per heavy atom. The maximum absolute atomic E-state index is 12.2. The third-order valence-corrected chi connectivity index (χ3v) is 5.50. The molecule has 132 valence electrons. The molecule has 0 aliphatic heterocycles. The van der Waals surface area contributed by atoms with Crippen LogP contribution in [0.5, 0.6) is 0 Å². The van der Waals surface area contributed by atoms with Crippen LogP contribution in [0.1, 0.15) is 44.7 Å². The van der Waals surface area contributed by atoms with E-state index in [1.54, 1.807) is 6.92 Å². The van der Waals surface area contributed by atoms with E-state index in [1.165, 1.54) is 29.3 Å². The van der Waals surface area contributed by atoms with E-state index in [0.717, 1.165) is 24.2 Å². The van der Waals surface area contributed by atoms with E-state index in [2.05, 4.69) is 23.5 Å². The zero-order valence-corrected chi connectivity index (χ0v) is 15.6. The van der Waals surface area contributed by atoms with Crippen LogP contribution in [-0.2, 0) is 27.2 Å². The quantitative estimate of drug-likeness (QED) is 0.577. The fraction of sp³-hybridized carbons (Fsp3) is 0.579. The van der Waals surface area contributed by atoms with Crippen molar-refractivity contribution in [1.29, 1.82) is 0 Å². The van der Waals surface area contributed by atoms with Gasteiger partial charge in [0, 0.05) is 4.90 Å². The minimum atomic E-state index is -0.567. The molecule has 5 heteroatoms. The van der Waals surface area contributed by atoms with Crippen molar-refractivity contribution in [2.45, 2.75) is 57.4 Å². The zero-order chi connectivity index (χ0) is 17.5. The first-order valence-electron chi connectivity index (χ1n) is 8.75. The molecule has 1 aromatic rings. The fourth-order valence-corrected chi connectivity index (χ4v) is 3.67. The van der Waals surface area contributed by atoms with E-state index in [0.29, 0.717) is 12.4 Å². The summed E-state index contributed by atoms with van der Waals surface area (Å²) in [6.45, 7) is 6.06. The van der Waals surface area contributed by atoms with Crippen molar-refractivity contribution in [1.82, 2.24) is 5.32 Å². The molecule has 1 N–H and O–H groups in total. The third kappa shape index (κ3) is 5.00. The van der Waals surface area contributed by atoms with Crippen molar-refractivity contribution in [3.05, 3.63) is 29.3 Å². The molecule has 4 nitrogen and oxygen atoms in total. The second-order valence-electron chi connectivity index (χ2n) is 6.26. The van der Waals surface area contributed by atoms with Crippen molar-refractivity contribution in [3.63, 3.8) is 0 Å². The molecule has 0 saturated carbocycles. The summed E-state index contributed by atoms with van der Waals surface area (Å²) in [5.74, 6) is -0.106. The summed E-state index contributed by atoms with van der Waals surface area (Å²) in [5.41, 5.74) is 2.84. The molecule has 0 radical (unpaired) electrons. The van der Waals surface area contributed by atoms with Crippen LogP contribution in [-0.4, -0.2) is 30.3 Å². The Balaban J connectivity index is 1.89. The highest BCUT2D eigenvalue weighted by molar-refractivity contribution is 8.00. The van der Waals surface area contributed by atoms with Gasteiger partial charge in [-0.2, -0.15) is 0 Å². The minimum Gasteiger partial charge on any atom is -0.464 e. The molecule has 0 heterocycles. The van der Waals surface area contributed by atoms with Crippen molar-refractivity contribution in [2.75, 3.05) is 12.4 Å². The predicted molar refractivity (Wildman–Crippen MR) is 97.2 cm³/mol. The average Bonchev–Trinajstić information content (AvgIpc) is 3.05. The fourth-order valence-electron chi connectivity index (χ4n) is 2.90. The van der Waals surface area contributed by atoms with E-state index < -0.39 is 6.04 Å². The van der Waals surface area contributed by atoms with Crippen LogP contribution in [0.15, 0.2) is 23.1 Å². The number of carbonyl (C=O) groups is 2. The van der Waals surface area contributed by atoms with Gasteiger partial charge < -0.3 is 10.1 Å². The molecule has 0 saturated heterocycles. The number of rotatable bonds is 8. The molecular weight excluding hydrogens is 322 g/mol. The van der Waals surface area contributed by atoms with Gasteiger partial charge in [0.2, 0.25) is 5.91 Å². The standard InChI is InChI=1S/C19H27NO3S/c1-4-13(3)18(19(22)23-5-2)20-17(21)12-24-16-10-9-14-7-6-8-15(14)11-16/h9-11,13,18H,4-8,12H2,1-3H3,(H,20,21)/t13-,18-/m0/s1. The lowest BCUT2D eigenvalue weighted by atomic mass is 9.99. The maximum atomic E-state index is 12.2. The lowest BCUT2D eigenvalue weighted by Crippen LogP contribution is -2.46. The number of carbonyl (C=O) groups excluding carboxylic acids is 2. The van der Waals surface area contributed by atoms with Crippen LogP contribution in [0.2, 0.25) is 0 Å². The lowest BCUT2D eigenvalue weighted by molar-refractivity contribution is -0.148. The molecule has 2 rings (SSSR count). The Hall–Kier alpha value is -1.49. The highest BCUT2D eigenvalue weighted by Crippen LogP contribution is 2.27. The monoisotopic (exact) mass is 349 g/mol. The van der Waals surface area contributed by atoms with E-state index in [-0.39, 0.29) is 17.8 Å². The van der Waals surface area contributed by atoms with Gasteiger partial charge in [0.05, 0.1) is 12.4 Å². The molecule has 0 aromatic heterocycles. The summed E-state index contributed by atoms with van der Waals surface area (Å²) in [5, 5.41) is 2.84. The lowest BCUT2D eigenvalue weighted by Gasteiger charge is -2.22. The van der Waals surface area contributed by atoms with Gasteiger partial charge >= 0.3 is 5.97 Å². The second-order valence-corrected chi connectivity index (χ2v) is 7.30. The second kappa shape index (κ2) is 9.11. The highest BCUT2D eigenvalue weighted by atomic mass is 32.2. The molecule has 0 fully saturated rings. The molecule has 0 unspecified atom stereocenters.